The van der Waals surface area contributed by atoms with Gasteiger partial charge in [-0.05, 0) is 30.3 Å². The maximum atomic E-state index is 12.2. The molecule has 1 N–H and O–H groups in total. The van der Waals surface area contributed by atoms with E-state index in [2.05, 4.69) is 5.32 Å². The number of fused-ring (bicyclic) bond motifs is 1. The van der Waals surface area contributed by atoms with Gasteiger partial charge in [-0.15, -0.1) is 0 Å². The van der Waals surface area contributed by atoms with Crippen molar-refractivity contribution in [2.24, 2.45) is 0 Å². The number of rotatable bonds is 4. The molecule has 2 aromatic rings. The summed E-state index contributed by atoms with van der Waals surface area (Å²) in [5.41, 5.74) is 1.18. The largest absolute Gasteiger partial charge is 0.493 e. The normalized spacial score (nSPS) is 15.8. The lowest BCUT2D eigenvalue weighted by atomic mass is 10.1. The van der Waals surface area contributed by atoms with Crippen LogP contribution in [0.4, 0.5) is 0 Å². The lowest BCUT2D eigenvalue weighted by Crippen LogP contribution is -2.36. The molecular weight excluding hydrogens is 310 g/mol. The second kappa shape index (κ2) is 6.62. The summed E-state index contributed by atoms with van der Waals surface area (Å²) in [6.07, 6.45) is -0.374. The van der Waals surface area contributed by atoms with Crippen molar-refractivity contribution >= 4 is 11.9 Å². The number of methoxy groups -OCH3 is 1. The minimum Gasteiger partial charge on any atom is -0.493 e. The maximum Gasteiger partial charge on any atom is 0.311 e. The lowest BCUT2D eigenvalue weighted by Gasteiger charge is -2.27. The Hall–Kier alpha value is -3.02. The third-order valence-corrected chi connectivity index (χ3v) is 3.64. The molecule has 1 atom stereocenters. The second-order valence-corrected chi connectivity index (χ2v) is 5.21. The van der Waals surface area contributed by atoms with E-state index in [4.69, 9.17) is 14.2 Å². The van der Waals surface area contributed by atoms with Gasteiger partial charge in [-0.25, -0.2) is 0 Å². The standard InChI is InChI=1S/C18H17NO5/c1-3-16(20)23-14-9-8-11(10-15(14)22-2)18-19-17(21)12-6-4-5-7-13(12)24-18/h4-10,18H,3H2,1-2H3,(H,19,21)/t18-/m0/s1. The zero-order valence-electron chi connectivity index (χ0n) is 13.4. The first kappa shape index (κ1) is 15.9. The quantitative estimate of drug-likeness (QED) is 0.690. The van der Waals surface area contributed by atoms with E-state index in [9.17, 15) is 9.59 Å². The molecule has 1 aliphatic heterocycles. The van der Waals surface area contributed by atoms with Crippen molar-refractivity contribution in [1.82, 2.24) is 5.32 Å². The highest BCUT2D eigenvalue weighted by Gasteiger charge is 2.27. The number of amides is 1. The number of nitrogens with one attached hydrogen (secondary N) is 1. The van der Waals surface area contributed by atoms with Crippen molar-refractivity contribution in [1.29, 1.82) is 0 Å². The molecule has 1 amide bonds. The van der Waals surface area contributed by atoms with Gasteiger partial charge >= 0.3 is 5.97 Å². The highest BCUT2D eigenvalue weighted by Crippen LogP contribution is 2.34. The Morgan fingerprint density at radius 1 is 1.21 bits per heavy atom. The molecular formula is C18H17NO5. The number of benzene rings is 2. The van der Waals surface area contributed by atoms with Crippen LogP contribution in [-0.2, 0) is 4.79 Å². The van der Waals surface area contributed by atoms with Crippen LogP contribution < -0.4 is 19.5 Å². The minimum absolute atomic E-state index is 0.206. The van der Waals surface area contributed by atoms with Gasteiger partial charge in [0.25, 0.3) is 5.91 Å². The minimum atomic E-state index is -0.641. The number of hydrogen-bond acceptors (Lipinski definition) is 5. The summed E-state index contributed by atoms with van der Waals surface area (Å²) < 4.78 is 16.3. The van der Waals surface area contributed by atoms with Gasteiger partial charge in [0.15, 0.2) is 17.7 Å². The topological polar surface area (TPSA) is 73.9 Å². The molecule has 0 bridgehead atoms. The number of ether oxygens (including phenoxy) is 3. The summed E-state index contributed by atoms with van der Waals surface area (Å²) >= 11 is 0. The van der Waals surface area contributed by atoms with E-state index in [1.165, 1.54) is 7.11 Å². The fraction of sp³-hybridized carbons (Fsp3) is 0.222. The summed E-state index contributed by atoms with van der Waals surface area (Å²) in [5, 5.41) is 2.79. The van der Waals surface area contributed by atoms with Crippen LogP contribution in [0.1, 0.15) is 35.5 Å². The highest BCUT2D eigenvalue weighted by atomic mass is 16.6. The third kappa shape index (κ3) is 3.03. The Morgan fingerprint density at radius 2 is 2.00 bits per heavy atom. The Labute approximate surface area is 139 Å². The first-order chi connectivity index (χ1) is 11.6. The summed E-state index contributed by atoms with van der Waals surface area (Å²) in [4.78, 5) is 23.6. The van der Waals surface area contributed by atoms with E-state index in [0.29, 0.717) is 28.4 Å². The van der Waals surface area contributed by atoms with Crippen LogP contribution in [0, 0.1) is 0 Å². The van der Waals surface area contributed by atoms with Crippen LogP contribution in [0.25, 0.3) is 0 Å². The van der Waals surface area contributed by atoms with E-state index in [1.54, 1.807) is 43.3 Å². The van der Waals surface area contributed by atoms with Crippen LogP contribution >= 0.6 is 0 Å². The molecule has 0 radical (unpaired) electrons. The number of carbonyl (C=O) groups is 2. The number of para-hydroxylation sites is 1. The third-order valence-electron chi connectivity index (χ3n) is 3.64. The molecule has 1 heterocycles. The fourth-order valence-corrected chi connectivity index (χ4v) is 2.39. The number of esters is 1. The molecule has 0 unspecified atom stereocenters. The van der Waals surface area contributed by atoms with Gasteiger partial charge in [-0.3, -0.25) is 9.59 Å². The number of carbonyl (C=O) groups excluding carboxylic acids is 2. The maximum absolute atomic E-state index is 12.2. The summed E-state index contributed by atoms with van der Waals surface area (Å²) in [5.74, 6) is 0.688. The Kier molecular flexibility index (Phi) is 4.37. The van der Waals surface area contributed by atoms with Gasteiger partial charge < -0.3 is 19.5 Å². The van der Waals surface area contributed by atoms with Crippen LogP contribution in [0.3, 0.4) is 0 Å². The zero-order chi connectivity index (χ0) is 17.1. The van der Waals surface area contributed by atoms with Gasteiger partial charge in [0.2, 0.25) is 0 Å². The molecule has 0 spiro atoms. The van der Waals surface area contributed by atoms with Crippen molar-refractivity contribution in [3.05, 3.63) is 53.6 Å². The average Bonchev–Trinajstić information content (AvgIpc) is 2.61. The molecule has 0 aliphatic carbocycles. The van der Waals surface area contributed by atoms with E-state index < -0.39 is 6.23 Å². The second-order valence-electron chi connectivity index (χ2n) is 5.21. The molecule has 3 rings (SSSR count). The molecule has 24 heavy (non-hydrogen) atoms. The molecule has 1 aliphatic rings. The van der Waals surface area contributed by atoms with Gasteiger partial charge in [-0.1, -0.05) is 19.1 Å². The molecule has 0 aromatic heterocycles. The van der Waals surface area contributed by atoms with Crippen LogP contribution in [0.15, 0.2) is 42.5 Å². The zero-order valence-corrected chi connectivity index (χ0v) is 13.4. The summed E-state index contributed by atoms with van der Waals surface area (Å²) in [6, 6.07) is 12.1. The van der Waals surface area contributed by atoms with Gasteiger partial charge in [0, 0.05) is 12.0 Å². The fourth-order valence-electron chi connectivity index (χ4n) is 2.39. The average molecular weight is 327 g/mol. The van der Waals surface area contributed by atoms with Crippen molar-refractivity contribution in [2.45, 2.75) is 19.6 Å². The summed E-state index contributed by atoms with van der Waals surface area (Å²) in [7, 11) is 1.48. The molecule has 0 saturated heterocycles. The van der Waals surface area contributed by atoms with Crippen molar-refractivity contribution in [2.75, 3.05) is 7.11 Å². The molecule has 124 valence electrons. The van der Waals surface area contributed by atoms with Crippen LogP contribution in [0.2, 0.25) is 0 Å². The Balaban J connectivity index is 1.88. The molecule has 6 nitrogen and oxygen atoms in total. The van der Waals surface area contributed by atoms with Gasteiger partial charge in [0.05, 0.1) is 12.7 Å². The number of hydrogen-bond donors (Lipinski definition) is 1. The predicted molar refractivity (Wildman–Crippen MR) is 86.2 cm³/mol. The van der Waals surface area contributed by atoms with Crippen molar-refractivity contribution in [3.63, 3.8) is 0 Å². The Morgan fingerprint density at radius 3 is 2.75 bits per heavy atom. The molecule has 0 fully saturated rings. The Bertz CT molecular complexity index is 787. The van der Waals surface area contributed by atoms with E-state index >= 15 is 0 Å². The summed E-state index contributed by atoms with van der Waals surface area (Å²) in [6.45, 7) is 1.71. The molecule has 0 saturated carbocycles. The monoisotopic (exact) mass is 327 g/mol. The highest BCUT2D eigenvalue weighted by molar-refractivity contribution is 5.98. The van der Waals surface area contributed by atoms with Crippen LogP contribution in [-0.4, -0.2) is 19.0 Å². The van der Waals surface area contributed by atoms with E-state index in [-0.39, 0.29) is 18.3 Å². The lowest BCUT2D eigenvalue weighted by molar-refractivity contribution is -0.134. The molecule has 6 heteroatoms. The first-order valence-electron chi connectivity index (χ1n) is 7.57. The van der Waals surface area contributed by atoms with Crippen molar-refractivity contribution in [3.8, 4) is 17.2 Å². The predicted octanol–water partition coefficient (Wildman–Crippen LogP) is 2.83. The van der Waals surface area contributed by atoms with Gasteiger partial charge in [-0.2, -0.15) is 0 Å². The van der Waals surface area contributed by atoms with Crippen molar-refractivity contribution < 1.29 is 23.8 Å². The smallest absolute Gasteiger partial charge is 0.311 e. The van der Waals surface area contributed by atoms with E-state index in [1.807, 2.05) is 6.07 Å². The van der Waals surface area contributed by atoms with E-state index in [0.717, 1.165) is 0 Å². The first-order valence-corrected chi connectivity index (χ1v) is 7.57. The van der Waals surface area contributed by atoms with Gasteiger partial charge in [0.1, 0.15) is 5.75 Å². The van der Waals surface area contributed by atoms with Crippen LogP contribution in [0.5, 0.6) is 17.2 Å². The molecule has 2 aromatic carbocycles. The SMILES string of the molecule is CCC(=O)Oc1ccc([C@H]2NC(=O)c3ccccc3O2)cc1OC.